The van der Waals surface area contributed by atoms with E-state index in [1.807, 2.05) is 17.0 Å². The van der Waals surface area contributed by atoms with Crippen LogP contribution in [0.25, 0.3) is 0 Å². The zero-order chi connectivity index (χ0) is 14.7. The van der Waals surface area contributed by atoms with Gasteiger partial charge < -0.3 is 14.6 Å². The van der Waals surface area contributed by atoms with Crippen LogP contribution in [0.3, 0.4) is 0 Å². The van der Waals surface area contributed by atoms with Gasteiger partial charge in [-0.1, -0.05) is 6.42 Å². The molecule has 0 radical (unpaired) electrons. The third-order valence-electron chi connectivity index (χ3n) is 4.65. The summed E-state index contributed by atoms with van der Waals surface area (Å²) in [6, 6.07) is 3.66. The zero-order valence-electron chi connectivity index (χ0n) is 12.2. The van der Waals surface area contributed by atoms with Gasteiger partial charge in [0.25, 0.3) is 0 Å². The predicted molar refractivity (Wildman–Crippen MR) is 77.2 cm³/mol. The summed E-state index contributed by atoms with van der Waals surface area (Å²) < 4.78 is 5.20. The maximum Gasteiger partial charge on any atom is 0.225 e. The molecule has 1 aliphatic carbocycles. The minimum Gasteiger partial charge on any atom is -0.467 e. The average Bonchev–Trinajstić information content (AvgIpc) is 2.96. The summed E-state index contributed by atoms with van der Waals surface area (Å²) in [5, 5.41) is 2.91. The minimum absolute atomic E-state index is 0.0189. The van der Waals surface area contributed by atoms with Gasteiger partial charge in [0.15, 0.2) is 0 Å². The van der Waals surface area contributed by atoms with Gasteiger partial charge in [0.1, 0.15) is 5.76 Å². The summed E-state index contributed by atoms with van der Waals surface area (Å²) >= 11 is 0. The van der Waals surface area contributed by atoms with Gasteiger partial charge in [0, 0.05) is 24.9 Å². The Hall–Kier alpha value is -1.78. The number of nitrogens with one attached hydrogen (secondary N) is 1. The Morgan fingerprint density at radius 1 is 1.19 bits per heavy atom. The Kier molecular flexibility index (Phi) is 4.27. The highest BCUT2D eigenvalue weighted by molar-refractivity contribution is 5.81. The van der Waals surface area contributed by atoms with E-state index in [2.05, 4.69) is 5.32 Å². The molecule has 0 unspecified atom stereocenters. The van der Waals surface area contributed by atoms with Crippen molar-refractivity contribution < 1.29 is 14.0 Å². The lowest BCUT2D eigenvalue weighted by Crippen LogP contribution is -2.46. The largest absolute Gasteiger partial charge is 0.467 e. The molecular formula is C16H22N2O3. The Morgan fingerprint density at radius 2 is 1.95 bits per heavy atom. The van der Waals surface area contributed by atoms with Crippen molar-refractivity contribution in [1.29, 1.82) is 0 Å². The maximum atomic E-state index is 12.2. The van der Waals surface area contributed by atoms with Gasteiger partial charge in [-0.25, -0.2) is 0 Å². The van der Waals surface area contributed by atoms with Crippen LogP contribution in [0.2, 0.25) is 0 Å². The second kappa shape index (κ2) is 6.33. The molecule has 0 bridgehead atoms. The molecule has 2 aliphatic rings. The van der Waals surface area contributed by atoms with Crippen LogP contribution in [-0.2, 0) is 16.1 Å². The van der Waals surface area contributed by atoms with Crippen molar-refractivity contribution in [3.63, 3.8) is 0 Å². The molecule has 2 fully saturated rings. The van der Waals surface area contributed by atoms with Gasteiger partial charge >= 0.3 is 0 Å². The molecule has 1 saturated heterocycles. The van der Waals surface area contributed by atoms with Crippen molar-refractivity contribution in [2.45, 2.75) is 38.6 Å². The van der Waals surface area contributed by atoms with E-state index in [0.717, 1.165) is 31.4 Å². The number of carbonyl (C=O) groups excluding carboxylic acids is 2. The number of piperidine rings is 1. The van der Waals surface area contributed by atoms with Crippen molar-refractivity contribution in [3.05, 3.63) is 24.2 Å². The fourth-order valence-corrected chi connectivity index (χ4v) is 3.01. The van der Waals surface area contributed by atoms with Crippen LogP contribution in [0.4, 0.5) is 0 Å². The highest BCUT2D eigenvalue weighted by Gasteiger charge is 2.33. The smallest absolute Gasteiger partial charge is 0.225 e. The number of rotatable bonds is 4. The van der Waals surface area contributed by atoms with E-state index in [1.54, 1.807) is 6.26 Å². The lowest BCUT2D eigenvalue weighted by Gasteiger charge is -2.36. The Bertz CT molecular complexity index is 486. The summed E-state index contributed by atoms with van der Waals surface area (Å²) in [5.41, 5.74) is 0. The van der Waals surface area contributed by atoms with E-state index in [-0.39, 0.29) is 17.7 Å². The first-order valence-corrected chi connectivity index (χ1v) is 7.83. The van der Waals surface area contributed by atoms with Crippen LogP contribution in [-0.4, -0.2) is 29.8 Å². The van der Waals surface area contributed by atoms with E-state index in [1.165, 1.54) is 6.42 Å². The van der Waals surface area contributed by atoms with Gasteiger partial charge in [-0.3, -0.25) is 9.59 Å². The standard InChI is InChI=1S/C16H22N2O3/c19-15(17-11-14-5-2-10-21-14)12-6-8-18(9-7-12)16(20)13-3-1-4-13/h2,5,10,12-13H,1,3-4,6-9,11H2,(H,17,19). The molecule has 1 aromatic heterocycles. The molecular weight excluding hydrogens is 268 g/mol. The number of carbonyl (C=O) groups is 2. The Morgan fingerprint density at radius 3 is 2.52 bits per heavy atom. The van der Waals surface area contributed by atoms with Gasteiger partial charge in [-0.05, 0) is 37.8 Å². The highest BCUT2D eigenvalue weighted by atomic mass is 16.3. The van der Waals surface area contributed by atoms with Crippen molar-refractivity contribution in [2.75, 3.05) is 13.1 Å². The zero-order valence-corrected chi connectivity index (χ0v) is 12.2. The van der Waals surface area contributed by atoms with Crippen LogP contribution >= 0.6 is 0 Å². The van der Waals surface area contributed by atoms with Gasteiger partial charge in [0.05, 0.1) is 12.8 Å². The lowest BCUT2D eigenvalue weighted by atomic mass is 9.83. The van der Waals surface area contributed by atoms with Gasteiger partial charge in [-0.15, -0.1) is 0 Å². The molecule has 2 heterocycles. The lowest BCUT2D eigenvalue weighted by molar-refractivity contribution is -0.141. The second-order valence-electron chi connectivity index (χ2n) is 6.02. The van der Waals surface area contributed by atoms with E-state index in [0.29, 0.717) is 25.5 Å². The SMILES string of the molecule is O=C(NCc1ccco1)C1CCN(C(=O)C2CCC2)CC1. The Balaban J connectivity index is 1.42. The number of likely N-dealkylation sites (tertiary alicyclic amines) is 1. The number of furan rings is 1. The van der Waals surface area contributed by atoms with E-state index in [4.69, 9.17) is 4.42 Å². The molecule has 0 spiro atoms. The van der Waals surface area contributed by atoms with E-state index >= 15 is 0 Å². The first kappa shape index (κ1) is 14.2. The van der Waals surface area contributed by atoms with Crippen LogP contribution in [0.15, 0.2) is 22.8 Å². The van der Waals surface area contributed by atoms with Crippen LogP contribution in [0, 0.1) is 11.8 Å². The van der Waals surface area contributed by atoms with Crippen LogP contribution in [0.5, 0.6) is 0 Å². The normalized spacial score (nSPS) is 20.1. The summed E-state index contributed by atoms with van der Waals surface area (Å²) in [7, 11) is 0. The maximum absolute atomic E-state index is 12.2. The third kappa shape index (κ3) is 3.28. The number of hydrogen-bond donors (Lipinski definition) is 1. The predicted octanol–water partition coefficient (Wildman–Crippen LogP) is 1.93. The third-order valence-corrected chi connectivity index (χ3v) is 4.65. The first-order valence-electron chi connectivity index (χ1n) is 7.83. The fourth-order valence-electron chi connectivity index (χ4n) is 3.01. The van der Waals surface area contributed by atoms with Gasteiger partial charge in [0.2, 0.25) is 11.8 Å². The number of nitrogens with zero attached hydrogens (tertiary/aromatic N) is 1. The van der Waals surface area contributed by atoms with Crippen molar-refractivity contribution in [2.24, 2.45) is 11.8 Å². The second-order valence-corrected chi connectivity index (χ2v) is 6.02. The number of hydrogen-bond acceptors (Lipinski definition) is 3. The number of amides is 2. The molecule has 0 aromatic carbocycles. The fraction of sp³-hybridized carbons (Fsp3) is 0.625. The quantitative estimate of drug-likeness (QED) is 0.921. The van der Waals surface area contributed by atoms with Crippen LogP contribution < -0.4 is 5.32 Å². The van der Waals surface area contributed by atoms with Crippen LogP contribution in [0.1, 0.15) is 37.9 Å². The van der Waals surface area contributed by atoms with Gasteiger partial charge in [-0.2, -0.15) is 0 Å². The molecule has 3 rings (SSSR count). The van der Waals surface area contributed by atoms with Crippen molar-refractivity contribution in [1.82, 2.24) is 10.2 Å². The summed E-state index contributed by atoms with van der Waals surface area (Å²) in [4.78, 5) is 26.2. The Labute approximate surface area is 124 Å². The molecule has 5 heteroatoms. The first-order chi connectivity index (χ1) is 10.2. The molecule has 1 aromatic rings. The molecule has 2 amide bonds. The molecule has 21 heavy (non-hydrogen) atoms. The molecule has 1 aliphatic heterocycles. The van der Waals surface area contributed by atoms with E-state index < -0.39 is 0 Å². The molecule has 1 saturated carbocycles. The molecule has 1 N–H and O–H groups in total. The van der Waals surface area contributed by atoms with Crippen molar-refractivity contribution in [3.8, 4) is 0 Å². The molecule has 0 atom stereocenters. The monoisotopic (exact) mass is 290 g/mol. The molecule has 5 nitrogen and oxygen atoms in total. The molecule has 114 valence electrons. The summed E-state index contributed by atoms with van der Waals surface area (Å²) in [6.45, 7) is 1.87. The minimum atomic E-state index is 0.0189. The summed E-state index contributed by atoms with van der Waals surface area (Å²) in [6.07, 6.45) is 6.41. The average molecular weight is 290 g/mol. The van der Waals surface area contributed by atoms with Crippen molar-refractivity contribution >= 4 is 11.8 Å². The van der Waals surface area contributed by atoms with E-state index in [9.17, 15) is 9.59 Å². The topological polar surface area (TPSA) is 62.6 Å². The summed E-state index contributed by atoms with van der Waals surface area (Å²) in [5.74, 6) is 1.42. The highest BCUT2D eigenvalue weighted by Crippen LogP contribution is 2.30.